The summed E-state index contributed by atoms with van der Waals surface area (Å²) < 4.78 is 20.1. The van der Waals surface area contributed by atoms with Crippen molar-refractivity contribution in [2.45, 2.75) is 300 Å². The molecule has 0 spiro atoms. The lowest BCUT2D eigenvalue weighted by atomic mass is 9.83. The van der Waals surface area contributed by atoms with Gasteiger partial charge < -0.3 is 24.4 Å². The van der Waals surface area contributed by atoms with Crippen LogP contribution >= 0.6 is 0 Å². The first-order valence-corrected chi connectivity index (χ1v) is 27.4. The average Bonchev–Trinajstić information content (AvgIpc) is 3.15. The van der Waals surface area contributed by atoms with Crippen LogP contribution < -0.4 is 0 Å². The van der Waals surface area contributed by atoms with E-state index in [2.05, 4.69) is 69.2 Å². The van der Waals surface area contributed by atoms with Crippen LogP contribution in [0.15, 0.2) is 0 Å². The second kappa shape index (κ2) is 41.2. The zero-order valence-electron chi connectivity index (χ0n) is 43.7. The van der Waals surface area contributed by atoms with Crippen molar-refractivity contribution < 1.29 is 24.4 Å². The summed E-state index contributed by atoms with van der Waals surface area (Å²) >= 11 is 0. The van der Waals surface area contributed by atoms with E-state index in [-0.39, 0.29) is 24.8 Å². The Hall–Kier alpha value is -0.200. The fraction of sp³-hybridized carbons (Fsp3) is 1.00. The molecular formula is C56H114O5. The third kappa shape index (κ3) is 41.0. The van der Waals surface area contributed by atoms with Crippen LogP contribution in [0.1, 0.15) is 276 Å². The van der Waals surface area contributed by atoms with Gasteiger partial charge in [0, 0.05) is 13.2 Å². The van der Waals surface area contributed by atoms with E-state index in [9.17, 15) is 10.2 Å². The standard InChI is InChI=1S/C56H114O5/c1-13-15-17-19-21-23-25-27-35-59-55(33-29-31-45(3)37-47(5)39-49(7)41-51(9)43-53(11)57)61-56(60-36-28-26-24-22-20-18-16-14-2)34-30-32-46(4)38-48(6)40-50(8)42-52(10)44-54(12)58/h45-58H,13-44H2,1-12H3. The maximum atomic E-state index is 9.83. The lowest BCUT2D eigenvalue weighted by Crippen LogP contribution is -2.28. The van der Waals surface area contributed by atoms with Crippen molar-refractivity contribution in [3.05, 3.63) is 0 Å². The monoisotopic (exact) mass is 867 g/mol. The van der Waals surface area contributed by atoms with Gasteiger partial charge in [-0.3, -0.25) is 0 Å². The van der Waals surface area contributed by atoms with Crippen molar-refractivity contribution in [1.82, 2.24) is 0 Å². The smallest absolute Gasteiger partial charge is 0.160 e. The van der Waals surface area contributed by atoms with Gasteiger partial charge in [-0.1, -0.05) is 172 Å². The minimum Gasteiger partial charge on any atom is -0.393 e. The molecule has 0 aromatic carbocycles. The minimum atomic E-state index is -0.196. The summed E-state index contributed by atoms with van der Waals surface area (Å²) in [5, 5.41) is 19.7. The highest BCUT2D eigenvalue weighted by Crippen LogP contribution is 2.30. The van der Waals surface area contributed by atoms with E-state index in [0.717, 1.165) is 76.4 Å². The molecule has 0 aliphatic heterocycles. The molecule has 0 bridgehead atoms. The molecule has 0 amide bonds. The Morgan fingerprint density at radius 2 is 0.557 bits per heavy atom. The van der Waals surface area contributed by atoms with Crippen LogP contribution in [0.4, 0.5) is 0 Å². The predicted molar refractivity (Wildman–Crippen MR) is 267 cm³/mol. The second-order valence-electron chi connectivity index (χ2n) is 22.0. The lowest BCUT2D eigenvalue weighted by molar-refractivity contribution is -0.250. The third-order valence-corrected chi connectivity index (χ3v) is 13.5. The van der Waals surface area contributed by atoms with Crippen molar-refractivity contribution in [3.63, 3.8) is 0 Å². The highest BCUT2D eigenvalue weighted by molar-refractivity contribution is 4.70. The Morgan fingerprint density at radius 3 is 0.852 bits per heavy atom. The van der Waals surface area contributed by atoms with Gasteiger partial charge in [0.1, 0.15) is 0 Å². The molecule has 5 nitrogen and oxygen atoms in total. The molecule has 0 aliphatic carbocycles. The van der Waals surface area contributed by atoms with Crippen LogP contribution in [0, 0.1) is 47.3 Å². The van der Waals surface area contributed by atoms with Crippen molar-refractivity contribution in [2.24, 2.45) is 47.3 Å². The van der Waals surface area contributed by atoms with E-state index in [1.807, 2.05) is 13.8 Å². The molecule has 12 unspecified atom stereocenters. The molecule has 2 N–H and O–H groups in total. The van der Waals surface area contributed by atoms with E-state index in [0.29, 0.717) is 35.5 Å². The molecule has 0 saturated heterocycles. The molecule has 0 heterocycles. The summed E-state index contributed by atoms with van der Waals surface area (Å²) in [5.74, 6) is 5.42. The van der Waals surface area contributed by atoms with Gasteiger partial charge >= 0.3 is 0 Å². The molecule has 12 atom stereocenters. The molecule has 368 valence electrons. The van der Waals surface area contributed by atoms with Gasteiger partial charge in [-0.05, 0) is 151 Å². The average molecular weight is 868 g/mol. The van der Waals surface area contributed by atoms with E-state index in [1.165, 1.54) is 141 Å². The summed E-state index contributed by atoms with van der Waals surface area (Å²) in [6.07, 6.45) is 36.1. The molecule has 0 aromatic rings. The van der Waals surface area contributed by atoms with Gasteiger partial charge in [0.2, 0.25) is 0 Å². The quantitative estimate of drug-likeness (QED) is 0.0471. The number of aliphatic hydroxyl groups excluding tert-OH is 2. The van der Waals surface area contributed by atoms with Gasteiger partial charge in [-0.25, -0.2) is 0 Å². The zero-order valence-corrected chi connectivity index (χ0v) is 43.7. The highest BCUT2D eigenvalue weighted by Gasteiger charge is 2.22. The van der Waals surface area contributed by atoms with E-state index in [1.54, 1.807) is 0 Å². The maximum absolute atomic E-state index is 9.83. The normalized spacial score (nSPS) is 18.2. The lowest BCUT2D eigenvalue weighted by Gasteiger charge is -2.27. The molecule has 0 rings (SSSR count). The Bertz CT molecular complexity index is 824. The van der Waals surface area contributed by atoms with E-state index in [4.69, 9.17) is 14.2 Å². The van der Waals surface area contributed by atoms with Gasteiger partial charge in [-0.15, -0.1) is 0 Å². The summed E-state index contributed by atoms with van der Waals surface area (Å²) in [5.41, 5.74) is 0. The third-order valence-electron chi connectivity index (χ3n) is 13.5. The summed E-state index contributed by atoms with van der Waals surface area (Å²) in [6.45, 7) is 29.2. The van der Waals surface area contributed by atoms with Crippen molar-refractivity contribution in [1.29, 1.82) is 0 Å². The van der Waals surface area contributed by atoms with Gasteiger partial charge in [0.15, 0.2) is 12.6 Å². The number of unbranched alkanes of at least 4 members (excludes halogenated alkanes) is 14. The maximum Gasteiger partial charge on any atom is 0.160 e. The molecule has 5 heteroatoms. The van der Waals surface area contributed by atoms with Crippen LogP contribution in [0.3, 0.4) is 0 Å². The molecule has 0 saturated carbocycles. The first-order chi connectivity index (χ1) is 29.1. The van der Waals surface area contributed by atoms with Crippen LogP contribution in [0.5, 0.6) is 0 Å². The molecule has 0 radical (unpaired) electrons. The van der Waals surface area contributed by atoms with Crippen LogP contribution in [-0.2, 0) is 14.2 Å². The fourth-order valence-corrected chi connectivity index (χ4v) is 10.8. The first kappa shape index (κ1) is 60.8. The fourth-order valence-electron chi connectivity index (χ4n) is 10.8. The molecule has 0 aromatic heterocycles. The number of hydrogen-bond donors (Lipinski definition) is 2. The first-order valence-electron chi connectivity index (χ1n) is 27.4. The van der Waals surface area contributed by atoms with E-state index < -0.39 is 0 Å². The molecular weight excluding hydrogens is 753 g/mol. The number of aliphatic hydroxyl groups is 2. The zero-order chi connectivity index (χ0) is 45.7. The summed E-state index contributed by atoms with van der Waals surface area (Å²) in [7, 11) is 0. The minimum absolute atomic E-state index is 0.191. The molecule has 61 heavy (non-hydrogen) atoms. The van der Waals surface area contributed by atoms with Crippen LogP contribution in [-0.4, -0.2) is 48.2 Å². The predicted octanol–water partition coefficient (Wildman–Crippen LogP) is 17.3. The van der Waals surface area contributed by atoms with Crippen molar-refractivity contribution in [2.75, 3.05) is 13.2 Å². The van der Waals surface area contributed by atoms with Gasteiger partial charge in [0.25, 0.3) is 0 Å². The number of rotatable bonds is 46. The Kier molecular flexibility index (Phi) is 41.1. The van der Waals surface area contributed by atoms with Crippen molar-refractivity contribution in [3.8, 4) is 0 Å². The van der Waals surface area contributed by atoms with Crippen molar-refractivity contribution >= 4 is 0 Å². The Morgan fingerprint density at radius 1 is 0.295 bits per heavy atom. The Labute approximate surface area is 384 Å². The second-order valence-corrected chi connectivity index (χ2v) is 22.0. The van der Waals surface area contributed by atoms with Gasteiger partial charge in [-0.2, -0.15) is 0 Å². The Balaban J connectivity index is 5.37. The van der Waals surface area contributed by atoms with Gasteiger partial charge in [0.05, 0.1) is 12.2 Å². The molecule has 0 fully saturated rings. The number of hydrogen-bond acceptors (Lipinski definition) is 5. The van der Waals surface area contributed by atoms with E-state index >= 15 is 0 Å². The molecule has 0 aliphatic rings. The topological polar surface area (TPSA) is 68.2 Å². The van der Waals surface area contributed by atoms with Crippen LogP contribution in [0.2, 0.25) is 0 Å². The number of ether oxygens (including phenoxy) is 3. The summed E-state index contributed by atoms with van der Waals surface area (Å²) in [4.78, 5) is 0. The SMILES string of the molecule is CCCCCCCCCCOC(CCCC(C)CC(C)CC(C)CC(C)CC(C)O)OC(CCCC(C)CC(C)CC(C)CC(C)CC(C)O)OCCCCCCCCCC. The van der Waals surface area contributed by atoms with Crippen LogP contribution in [0.25, 0.3) is 0 Å². The summed E-state index contributed by atoms with van der Waals surface area (Å²) in [6, 6.07) is 0. The highest BCUT2D eigenvalue weighted by atomic mass is 16.8. The largest absolute Gasteiger partial charge is 0.393 e.